The molecule has 1 aliphatic rings. The lowest BCUT2D eigenvalue weighted by molar-refractivity contribution is -0.126. The average Bonchev–Trinajstić information content (AvgIpc) is 2.72. The van der Waals surface area contributed by atoms with Crippen molar-refractivity contribution in [1.82, 2.24) is 4.90 Å². The Morgan fingerprint density at radius 2 is 1.77 bits per heavy atom. The van der Waals surface area contributed by atoms with Gasteiger partial charge in [0.05, 0.1) is 24.4 Å². The van der Waals surface area contributed by atoms with E-state index in [1.54, 1.807) is 31.4 Å². The summed E-state index contributed by atoms with van der Waals surface area (Å²) in [4.78, 5) is 16.5. The molecule has 2 aromatic carbocycles. The fraction of sp³-hybridized carbons (Fsp3) is 0.238. The van der Waals surface area contributed by atoms with E-state index in [0.29, 0.717) is 18.7 Å². The number of methoxy groups -OCH3 is 1. The van der Waals surface area contributed by atoms with Crippen LogP contribution in [0.5, 0.6) is 5.75 Å². The first kappa shape index (κ1) is 17.6. The van der Waals surface area contributed by atoms with Crippen LogP contribution in [0, 0.1) is 11.3 Å². The monoisotopic (exact) mass is 347 g/mol. The second-order valence-electron chi connectivity index (χ2n) is 6.05. The number of para-hydroxylation sites is 2. The maximum Gasteiger partial charge on any atom is 0.246 e. The molecule has 1 heterocycles. The van der Waals surface area contributed by atoms with Crippen LogP contribution in [0.3, 0.4) is 0 Å². The number of carbonyl (C=O) groups is 1. The van der Waals surface area contributed by atoms with Gasteiger partial charge in [-0.25, -0.2) is 0 Å². The van der Waals surface area contributed by atoms with Gasteiger partial charge in [-0.1, -0.05) is 24.3 Å². The van der Waals surface area contributed by atoms with Crippen molar-refractivity contribution in [2.45, 2.75) is 0 Å². The molecule has 0 aromatic heterocycles. The highest BCUT2D eigenvalue weighted by Crippen LogP contribution is 2.28. The third-order valence-electron chi connectivity index (χ3n) is 4.48. The summed E-state index contributed by atoms with van der Waals surface area (Å²) in [5.74, 6) is 0.863. The third kappa shape index (κ3) is 4.04. The molecule has 0 saturated carbocycles. The van der Waals surface area contributed by atoms with Gasteiger partial charge < -0.3 is 14.5 Å². The van der Waals surface area contributed by atoms with Crippen molar-refractivity contribution < 1.29 is 9.53 Å². The standard InChI is InChI=1S/C21H21N3O2/c1-26-20-5-3-2-4-19(20)23-12-14-24(15-13-23)21(25)11-10-17-6-8-18(16-22)9-7-17/h2-11H,12-15H2,1H3/b11-10+. The molecule has 0 radical (unpaired) electrons. The molecule has 0 unspecified atom stereocenters. The number of benzene rings is 2. The van der Waals surface area contributed by atoms with Crippen molar-refractivity contribution in [1.29, 1.82) is 5.26 Å². The van der Waals surface area contributed by atoms with E-state index < -0.39 is 0 Å². The Morgan fingerprint density at radius 1 is 1.08 bits per heavy atom. The molecule has 0 atom stereocenters. The van der Waals surface area contributed by atoms with Crippen molar-refractivity contribution in [2.24, 2.45) is 0 Å². The van der Waals surface area contributed by atoms with Crippen molar-refractivity contribution in [3.8, 4) is 11.8 Å². The van der Waals surface area contributed by atoms with Crippen LogP contribution in [0.2, 0.25) is 0 Å². The van der Waals surface area contributed by atoms with E-state index in [1.807, 2.05) is 41.3 Å². The molecule has 26 heavy (non-hydrogen) atoms. The van der Waals surface area contributed by atoms with E-state index in [9.17, 15) is 4.79 Å². The molecule has 132 valence electrons. The maximum absolute atomic E-state index is 12.4. The number of nitriles is 1. The van der Waals surface area contributed by atoms with E-state index in [-0.39, 0.29) is 5.91 Å². The molecule has 3 rings (SSSR count). The minimum absolute atomic E-state index is 0.00837. The summed E-state index contributed by atoms with van der Waals surface area (Å²) < 4.78 is 5.42. The predicted octanol–water partition coefficient (Wildman–Crippen LogP) is 2.93. The molecule has 5 heteroatoms. The molecule has 5 nitrogen and oxygen atoms in total. The molecule has 0 N–H and O–H groups in total. The molecule has 2 aromatic rings. The van der Waals surface area contributed by atoms with Gasteiger partial charge in [-0.15, -0.1) is 0 Å². The predicted molar refractivity (Wildman–Crippen MR) is 102 cm³/mol. The Morgan fingerprint density at radius 3 is 2.42 bits per heavy atom. The van der Waals surface area contributed by atoms with Crippen molar-refractivity contribution in [2.75, 3.05) is 38.2 Å². The Bertz CT molecular complexity index is 829. The Labute approximate surface area is 153 Å². The summed E-state index contributed by atoms with van der Waals surface area (Å²) in [6.45, 7) is 2.90. The van der Waals surface area contributed by atoms with Crippen LogP contribution in [0.15, 0.2) is 54.6 Å². The largest absolute Gasteiger partial charge is 0.495 e. The van der Waals surface area contributed by atoms with Crippen LogP contribution in [-0.2, 0) is 4.79 Å². The zero-order valence-electron chi connectivity index (χ0n) is 14.8. The molecule has 1 amide bonds. The van der Waals surface area contributed by atoms with Crippen LogP contribution in [-0.4, -0.2) is 44.1 Å². The number of nitrogens with zero attached hydrogens (tertiary/aromatic N) is 3. The van der Waals surface area contributed by atoms with Gasteiger partial charge in [0.25, 0.3) is 0 Å². The van der Waals surface area contributed by atoms with Gasteiger partial charge in [0, 0.05) is 32.3 Å². The second-order valence-corrected chi connectivity index (χ2v) is 6.05. The lowest BCUT2D eigenvalue weighted by Gasteiger charge is -2.36. The van der Waals surface area contributed by atoms with E-state index in [1.165, 1.54) is 0 Å². The van der Waals surface area contributed by atoms with Gasteiger partial charge in [-0.05, 0) is 35.9 Å². The van der Waals surface area contributed by atoms with E-state index in [2.05, 4.69) is 11.0 Å². The summed E-state index contributed by atoms with van der Waals surface area (Å²) in [7, 11) is 1.67. The molecular formula is C21H21N3O2. The summed E-state index contributed by atoms with van der Waals surface area (Å²) in [6, 6.07) is 17.2. The number of anilines is 1. The van der Waals surface area contributed by atoms with Crippen LogP contribution in [0.4, 0.5) is 5.69 Å². The molecule has 1 saturated heterocycles. The lowest BCUT2D eigenvalue weighted by Crippen LogP contribution is -2.48. The van der Waals surface area contributed by atoms with Gasteiger partial charge in [-0.2, -0.15) is 5.26 Å². The van der Waals surface area contributed by atoms with E-state index >= 15 is 0 Å². The van der Waals surface area contributed by atoms with Crippen molar-refractivity contribution in [3.05, 3.63) is 65.7 Å². The smallest absolute Gasteiger partial charge is 0.246 e. The molecular weight excluding hydrogens is 326 g/mol. The highest BCUT2D eigenvalue weighted by Gasteiger charge is 2.21. The number of carbonyl (C=O) groups excluding carboxylic acids is 1. The third-order valence-corrected chi connectivity index (χ3v) is 4.48. The number of hydrogen-bond donors (Lipinski definition) is 0. The van der Waals surface area contributed by atoms with Gasteiger partial charge in [0.2, 0.25) is 5.91 Å². The zero-order chi connectivity index (χ0) is 18.4. The van der Waals surface area contributed by atoms with Gasteiger partial charge in [0.15, 0.2) is 0 Å². The fourth-order valence-electron chi connectivity index (χ4n) is 3.00. The normalized spacial score (nSPS) is 14.3. The minimum Gasteiger partial charge on any atom is -0.495 e. The lowest BCUT2D eigenvalue weighted by atomic mass is 10.1. The number of amides is 1. The summed E-state index contributed by atoms with van der Waals surface area (Å²) >= 11 is 0. The zero-order valence-corrected chi connectivity index (χ0v) is 14.8. The molecule has 0 spiro atoms. The van der Waals surface area contributed by atoms with E-state index in [0.717, 1.165) is 30.1 Å². The second kappa shape index (κ2) is 8.21. The van der Waals surface area contributed by atoms with Crippen molar-refractivity contribution >= 4 is 17.7 Å². The average molecular weight is 347 g/mol. The number of ether oxygens (including phenoxy) is 1. The molecule has 1 aliphatic heterocycles. The van der Waals surface area contributed by atoms with Crippen LogP contribution in [0.25, 0.3) is 6.08 Å². The summed E-state index contributed by atoms with van der Waals surface area (Å²) in [5.41, 5.74) is 2.58. The number of rotatable bonds is 4. The maximum atomic E-state index is 12.4. The Balaban J connectivity index is 1.58. The Kier molecular flexibility index (Phi) is 5.55. The summed E-state index contributed by atoms with van der Waals surface area (Å²) in [5, 5.41) is 8.81. The fourth-order valence-corrected chi connectivity index (χ4v) is 3.00. The number of piperazine rings is 1. The Hall–Kier alpha value is -3.26. The topological polar surface area (TPSA) is 56.6 Å². The van der Waals surface area contributed by atoms with Crippen LogP contribution in [0.1, 0.15) is 11.1 Å². The van der Waals surface area contributed by atoms with Crippen LogP contribution >= 0.6 is 0 Å². The highest BCUT2D eigenvalue weighted by molar-refractivity contribution is 5.92. The summed E-state index contributed by atoms with van der Waals surface area (Å²) in [6.07, 6.45) is 3.39. The number of hydrogen-bond acceptors (Lipinski definition) is 4. The first-order chi connectivity index (χ1) is 12.7. The van der Waals surface area contributed by atoms with Crippen LogP contribution < -0.4 is 9.64 Å². The first-order valence-corrected chi connectivity index (χ1v) is 8.56. The first-order valence-electron chi connectivity index (χ1n) is 8.56. The molecule has 0 aliphatic carbocycles. The quantitative estimate of drug-likeness (QED) is 0.798. The van der Waals surface area contributed by atoms with E-state index in [4.69, 9.17) is 10.00 Å². The molecule has 1 fully saturated rings. The highest BCUT2D eigenvalue weighted by atomic mass is 16.5. The SMILES string of the molecule is COc1ccccc1N1CCN(C(=O)/C=C/c2ccc(C#N)cc2)CC1. The van der Waals surface area contributed by atoms with Gasteiger partial charge >= 0.3 is 0 Å². The molecule has 0 bridgehead atoms. The minimum atomic E-state index is 0.00837. The van der Waals surface area contributed by atoms with Gasteiger partial charge in [0.1, 0.15) is 5.75 Å². The van der Waals surface area contributed by atoms with Crippen molar-refractivity contribution in [3.63, 3.8) is 0 Å². The van der Waals surface area contributed by atoms with Gasteiger partial charge in [-0.3, -0.25) is 4.79 Å².